The molecule has 0 heterocycles. The topological polar surface area (TPSA) is 81.4 Å². The number of nitrogens with two attached hydrogens (primary N) is 1. The number of halogens is 1. The molecular weight excluding hydrogens is 275 g/mol. The van der Waals surface area contributed by atoms with Crippen molar-refractivity contribution in [3.05, 3.63) is 29.6 Å². The van der Waals surface area contributed by atoms with E-state index in [1.54, 1.807) is 0 Å². The molecule has 114 valence electrons. The van der Waals surface area contributed by atoms with Gasteiger partial charge in [-0.15, -0.1) is 0 Å². The average Bonchev–Trinajstić information content (AvgIpc) is 2.47. The van der Waals surface area contributed by atoms with Crippen LogP contribution in [0.2, 0.25) is 0 Å². The van der Waals surface area contributed by atoms with Crippen LogP contribution in [-0.2, 0) is 4.79 Å². The molecular formula is C15H19FN2O3. The van der Waals surface area contributed by atoms with Crippen molar-refractivity contribution >= 4 is 11.8 Å². The predicted octanol–water partition coefficient (Wildman–Crippen LogP) is 1.75. The summed E-state index contributed by atoms with van der Waals surface area (Å²) in [5.74, 6) is -1.86. The van der Waals surface area contributed by atoms with Crippen molar-refractivity contribution in [2.24, 2.45) is 5.73 Å². The highest BCUT2D eigenvalue weighted by atomic mass is 19.1. The van der Waals surface area contributed by atoms with E-state index in [1.807, 2.05) is 0 Å². The highest BCUT2D eigenvalue weighted by molar-refractivity contribution is 6.00. The summed E-state index contributed by atoms with van der Waals surface area (Å²) in [6, 6.07) is 4.08. The number of ether oxygens (including phenoxy) is 1. The zero-order valence-corrected chi connectivity index (χ0v) is 11.9. The molecule has 0 saturated heterocycles. The lowest BCUT2D eigenvalue weighted by Gasteiger charge is -2.35. The number of para-hydroxylation sites is 1. The number of nitrogens with one attached hydrogen (secondary N) is 1. The van der Waals surface area contributed by atoms with Crippen molar-refractivity contribution in [1.29, 1.82) is 0 Å². The van der Waals surface area contributed by atoms with E-state index in [0.717, 1.165) is 19.3 Å². The van der Waals surface area contributed by atoms with Gasteiger partial charge in [-0.25, -0.2) is 4.39 Å². The Morgan fingerprint density at radius 1 is 1.29 bits per heavy atom. The fourth-order valence-corrected chi connectivity index (χ4v) is 2.77. The number of rotatable bonds is 4. The Labute approximate surface area is 122 Å². The summed E-state index contributed by atoms with van der Waals surface area (Å²) >= 11 is 0. The number of amides is 2. The normalized spacial score (nSPS) is 17.0. The van der Waals surface area contributed by atoms with E-state index < -0.39 is 23.2 Å². The average molecular weight is 294 g/mol. The molecule has 21 heavy (non-hydrogen) atoms. The van der Waals surface area contributed by atoms with E-state index in [4.69, 9.17) is 10.5 Å². The predicted molar refractivity (Wildman–Crippen MR) is 75.4 cm³/mol. The standard InChI is InChI=1S/C15H19FN2O3/c1-21-12-10(6-5-7-11(12)16)13(19)18-15(14(17)20)8-3-2-4-9-15/h5-7H,2-4,8-9H2,1H3,(H2,17,20)(H,18,19). The summed E-state index contributed by atoms with van der Waals surface area (Å²) in [7, 11) is 1.29. The van der Waals surface area contributed by atoms with Crippen LogP contribution < -0.4 is 15.8 Å². The highest BCUT2D eigenvalue weighted by Crippen LogP contribution is 2.29. The Morgan fingerprint density at radius 3 is 2.52 bits per heavy atom. The second-order valence-corrected chi connectivity index (χ2v) is 5.28. The minimum atomic E-state index is -1.05. The molecule has 1 saturated carbocycles. The Bertz CT molecular complexity index is 554. The maximum absolute atomic E-state index is 13.6. The van der Waals surface area contributed by atoms with E-state index in [9.17, 15) is 14.0 Å². The smallest absolute Gasteiger partial charge is 0.256 e. The van der Waals surface area contributed by atoms with E-state index in [-0.39, 0.29) is 11.3 Å². The molecule has 0 spiro atoms. The molecule has 1 aromatic rings. The third kappa shape index (κ3) is 2.99. The van der Waals surface area contributed by atoms with Crippen molar-refractivity contribution < 1.29 is 18.7 Å². The minimum absolute atomic E-state index is 0.0590. The quantitative estimate of drug-likeness (QED) is 0.887. The lowest BCUT2D eigenvalue weighted by atomic mass is 9.81. The van der Waals surface area contributed by atoms with Crippen LogP contribution in [-0.4, -0.2) is 24.5 Å². The van der Waals surface area contributed by atoms with Gasteiger partial charge in [-0.05, 0) is 25.0 Å². The molecule has 6 heteroatoms. The first-order chi connectivity index (χ1) is 10.00. The zero-order valence-electron chi connectivity index (χ0n) is 11.9. The van der Waals surface area contributed by atoms with Crippen LogP contribution in [0, 0.1) is 5.82 Å². The van der Waals surface area contributed by atoms with Crippen molar-refractivity contribution in [3.63, 3.8) is 0 Å². The molecule has 2 rings (SSSR count). The van der Waals surface area contributed by atoms with Gasteiger partial charge in [0.2, 0.25) is 5.91 Å². The molecule has 5 nitrogen and oxygen atoms in total. The number of primary amides is 1. The van der Waals surface area contributed by atoms with Crippen molar-refractivity contribution in [2.75, 3.05) is 7.11 Å². The summed E-state index contributed by atoms with van der Waals surface area (Å²) in [5.41, 5.74) is 4.48. The summed E-state index contributed by atoms with van der Waals surface area (Å²) in [4.78, 5) is 24.2. The van der Waals surface area contributed by atoms with Gasteiger partial charge in [0.25, 0.3) is 5.91 Å². The molecule has 0 aliphatic heterocycles. The second-order valence-electron chi connectivity index (χ2n) is 5.28. The first-order valence-corrected chi connectivity index (χ1v) is 6.95. The van der Waals surface area contributed by atoms with Crippen LogP contribution in [0.5, 0.6) is 5.75 Å². The molecule has 0 atom stereocenters. The van der Waals surface area contributed by atoms with Gasteiger partial charge in [0, 0.05) is 0 Å². The summed E-state index contributed by atoms with van der Waals surface area (Å²) < 4.78 is 18.6. The monoisotopic (exact) mass is 294 g/mol. The molecule has 3 N–H and O–H groups in total. The molecule has 1 aliphatic carbocycles. The van der Waals surface area contributed by atoms with Crippen LogP contribution in [0.25, 0.3) is 0 Å². The van der Waals surface area contributed by atoms with E-state index in [1.165, 1.54) is 25.3 Å². The number of carbonyl (C=O) groups excluding carboxylic acids is 2. The number of hydrogen-bond donors (Lipinski definition) is 2. The highest BCUT2D eigenvalue weighted by Gasteiger charge is 2.39. The van der Waals surface area contributed by atoms with Crippen LogP contribution >= 0.6 is 0 Å². The molecule has 1 aliphatic rings. The van der Waals surface area contributed by atoms with Crippen LogP contribution in [0.4, 0.5) is 4.39 Å². The molecule has 1 aromatic carbocycles. The molecule has 0 aromatic heterocycles. The lowest BCUT2D eigenvalue weighted by Crippen LogP contribution is -2.58. The molecule has 1 fully saturated rings. The van der Waals surface area contributed by atoms with E-state index in [2.05, 4.69) is 5.32 Å². The van der Waals surface area contributed by atoms with Gasteiger partial charge in [0.1, 0.15) is 5.54 Å². The Balaban J connectivity index is 2.28. The van der Waals surface area contributed by atoms with Gasteiger partial charge in [-0.1, -0.05) is 25.3 Å². The fourth-order valence-electron chi connectivity index (χ4n) is 2.77. The maximum atomic E-state index is 13.6. The molecule has 0 bridgehead atoms. The fraction of sp³-hybridized carbons (Fsp3) is 0.467. The van der Waals surface area contributed by atoms with Crippen molar-refractivity contribution in [1.82, 2.24) is 5.32 Å². The largest absolute Gasteiger partial charge is 0.493 e. The Morgan fingerprint density at radius 2 is 1.95 bits per heavy atom. The van der Waals surface area contributed by atoms with Gasteiger partial charge >= 0.3 is 0 Å². The summed E-state index contributed by atoms with van der Waals surface area (Å²) in [6.45, 7) is 0. The zero-order chi connectivity index (χ0) is 15.5. The number of methoxy groups -OCH3 is 1. The van der Waals surface area contributed by atoms with Gasteiger partial charge in [-0.2, -0.15) is 0 Å². The summed E-state index contributed by atoms with van der Waals surface area (Å²) in [5, 5.41) is 2.69. The molecule has 0 radical (unpaired) electrons. The van der Waals surface area contributed by atoms with Crippen LogP contribution in [0.3, 0.4) is 0 Å². The number of hydrogen-bond acceptors (Lipinski definition) is 3. The van der Waals surface area contributed by atoms with Crippen molar-refractivity contribution in [3.8, 4) is 5.75 Å². The first kappa shape index (κ1) is 15.3. The lowest BCUT2D eigenvalue weighted by molar-refractivity contribution is -0.125. The number of benzene rings is 1. The van der Waals surface area contributed by atoms with Crippen molar-refractivity contribution in [2.45, 2.75) is 37.6 Å². The molecule has 2 amide bonds. The van der Waals surface area contributed by atoms with E-state index >= 15 is 0 Å². The third-order valence-electron chi connectivity index (χ3n) is 3.95. The minimum Gasteiger partial charge on any atom is -0.493 e. The third-order valence-corrected chi connectivity index (χ3v) is 3.95. The first-order valence-electron chi connectivity index (χ1n) is 6.95. The Hall–Kier alpha value is -2.11. The van der Waals surface area contributed by atoms with Gasteiger partial charge in [0.15, 0.2) is 11.6 Å². The maximum Gasteiger partial charge on any atom is 0.256 e. The van der Waals surface area contributed by atoms with Gasteiger partial charge < -0.3 is 15.8 Å². The summed E-state index contributed by atoms with van der Waals surface area (Å²) in [6.07, 6.45) is 3.67. The van der Waals surface area contributed by atoms with Crippen LogP contribution in [0.15, 0.2) is 18.2 Å². The van der Waals surface area contributed by atoms with E-state index in [0.29, 0.717) is 12.8 Å². The molecule has 0 unspecified atom stereocenters. The van der Waals surface area contributed by atoms with Gasteiger partial charge in [-0.3, -0.25) is 9.59 Å². The number of carbonyl (C=O) groups is 2. The van der Waals surface area contributed by atoms with Gasteiger partial charge in [0.05, 0.1) is 12.7 Å². The van der Waals surface area contributed by atoms with Crippen LogP contribution in [0.1, 0.15) is 42.5 Å². The SMILES string of the molecule is COc1c(F)cccc1C(=O)NC1(C(N)=O)CCCCC1. The Kier molecular flexibility index (Phi) is 4.45. The second kappa shape index (κ2) is 6.11.